The molecule has 0 aromatic heterocycles. The second-order valence-electron chi connectivity index (χ2n) is 4.50. The quantitative estimate of drug-likeness (QED) is 0.701. The van der Waals surface area contributed by atoms with E-state index in [-0.39, 0.29) is 13.2 Å². The monoisotopic (exact) mass is 267 g/mol. The highest BCUT2D eigenvalue weighted by molar-refractivity contribution is 5.68. The van der Waals surface area contributed by atoms with Crippen molar-refractivity contribution in [1.29, 1.82) is 0 Å². The lowest BCUT2D eigenvalue weighted by molar-refractivity contribution is 0.0194. The number of aliphatic hydroxyl groups is 3. The van der Waals surface area contributed by atoms with Crippen LogP contribution in [0.4, 0.5) is 4.79 Å². The largest absolute Gasteiger partial charge is 0.445 e. The lowest BCUT2D eigenvalue weighted by Crippen LogP contribution is -2.42. The summed E-state index contributed by atoms with van der Waals surface area (Å²) in [7, 11) is 0. The van der Waals surface area contributed by atoms with E-state index < -0.39 is 30.9 Å². The molecule has 6 heteroatoms. The summed E-state index contributed by atoms with van der Waals surface area (Å²) >= 11 is 0. The van der Waals surface area contributed by atoms with E-state index in [1.807, 2.05) is 30.3 Å². The molecule has 1 saturated heterocycles. The Balaban J connectivity index is 1.93. The predicted molar refractivity (Wildman–Crippen MR) is 66.2 cm³/mol. The Hall–Kier alpha value is -1.63. The number of hydrogen-bond donors (Lipinski definition) is 3. The zero-order chi connectivity index (χ0) is 13.8. The number of carbonyl (C=O) groups is 1. The molecular formula is C13H17NO5. The number of β-amino-alcohol motifs (C(OH)–C–C–N with tert-alkyl or cyclic N) is 1. The van der Waals surface area contributed by atoms with Crippen LogP contribution in [0, 0.1) is 0 Å². The van der Waals surface area contributed by atoms with Crippen LogP contribution in [0.3, 0.4) is 0 Å². The molecule has 1 aliphatic heterocycles. The van der Waals surface area contributed by atoms with Gasteiger partial charge in [0.15, 0.2) is 0 Å². The van der Waals surface area contributed by atoms with Crippen molar-refractivity contribution in [3.8, 4) is 0 Å². The van der Waals surface area contributed by atoms with Crippen LogP contribution in [0.15, 0.2) is 30.3 Å². The van der Waals surface area contributed by atoms with E-state index in [1.165, 1.54) is 0 Å². The standard InChI is InChI=1S/C13H17NO5/c15-7-10-12(17)11(16)6-14(10)13(18)19-8-9-4-2-1-3-5-9/h1-5,10-12,15-17H,6-8H2/t10-,11+,12-/m1/s1. The summed E-state index contributed by atoms with van der Waals surface area (Å²) in [5.74, 6) is 0. The molecule has 3 N–H and O–H groups in total. The smallest absolute Gasteiger partial charge is 0.410 e. The highest BCUT2D eigenvalue weighted by Gasteiger charge is 2.42. The fourth-order valence-corrected chi connectivity index (χ4v) is 2.10. The van der Waals surface area contributed by atoms with Gasteiger partial charge in [-0.1, -0.05) is 30.3 Å². The van der Waals surface area contributed by atoms with Crippen LogP contribution in [0.1, 0.15) is 5.56 Å². The Bertz CT molecular complexity index is 424. The minimum atomic E-state index is -1.14. The molecule has 3 atom stereocenters. The van der Waals surface area contributed by atoms with Crippen molar-refractivity contribution in [3.63, 3.8) is 0 Å². The lowest BCUT2D eigenvalue weighted by atomic mass is 10.1. The second kappa shape index (κ2) is 6.01. The van der Waals surface area contributed by atoms with E-state index in [0.29, 0.717) is 0 Å². The molecule has 0 saturated carbocycles. The van der Waals surface area contributed by atoms with Crippen molar-refractivity contribution in [2.24, 2.45) is 0 Å². The number of rotatable bonds is 3. The Morgan fingerprint density at radius 2 is 2.00 bits per heavy atom. The van der Waals surface area contributed by atoms with Crippen molar-refractivity contribution in [2.75, 3.05) is 13.2 Å². The molecule has 0 bridgehead atoms. The minimum Gasteiger partial charge on any atom is -0.445 e. The molecule has 1 aliphatic rings. The van der Waals surface area contributed by atoms with Gasteiger partial charge in [-0.25, -0.2) is 4.79 Å². The van der Waals surface area contributed by atoms with Crippen molar-refractivity contribution >= 4 is 6.09 Å². The molecule has 2 rings (SSSR count). The van der Waals surface area contributed by atoms with Crippen molar-refractivity contribution in [1.82, 2.24) is 4.90 Å². The topological polar surface area (TPSA) is 90.2 Å². The van der Waals surface area contributed by atoms with E-state index in [9.17, 15) is 15.0 Å². The van der Waals surface area contributed by atoms with Gasteiger partial charge in [0.05, 0.1) is 25.3 Å². The zero-order valence-electron chi connectivity index (χ0n) is 10.3. The maximum atomic E-state index is 11.8. The number of likely N-dealkylation sites (tertiary alicyclic amines) is 1. The molecule has 1 aromatic rings. The van der Waals surface area contributed by atoms with E-state index in [4.69, 9.17) is 9.84 Å². The first-order valence-electron chi connectivity index (χ1n) is 6.07. The van der Waals surface area contributed by atoms with Gasteiger partial charge >= 0.3 is 6.09 Å². The highest BCUT2D eigenvalue weighted by Crippen LogP contribution is 2.19. The van der Waals surface area contributed by atoms with Gasteiger partial charge in [0.1, 0.15) is 12.7 Å². The number of aliphatic hydroxyl groups excluding tert-OH is 3. The van der Waals surface area contributed by atoms with Gasteiger partial charge in [0.25, 0.3) is 0 Å². The van der Waals surface area contributed by atoms with Crippen molar-refractivity contribution in [2.45, 2.75) is 24.9 Å². The third kappa shape index (κ3) is 3.04. The molecule has 0 unspecified atom stereocenters. The fourth-order valence-electron chi connectivity index (χ4n) is 2.10. The molecule has 19 heavy (non-hydrogen) atoms. The number of amides is 1. The number of benzene rings is 1. The van der Waals surface area contributed by atoms with Gasteiger partial charge in [0.2, 0.25) is 0 Å². The first kappa shape index (κ1) is 13.8. The van der Waals surface area contributed by atoms with Crippen LogP contribution in [0.2, 0.25) is 0 Å². The summed E-state index contributed by atoms with van der Waals surface area (Å²) in [5, 5.41) is 28.2. The summed E-state index contributed by atoms with van der Waals surface area (Å²) in [5.41, 5.74) is 0.844. The average molecular weight is 267 g/mol. The van der Waals surface area contributed by atoms with Gasteiger partial charge in [-0.05, 0) is 5.56 Å². The molecule has 104 valence electrons. The summed E-state index contributed by atoms with van der Waals surface area (Å²) < 4.78 is 5.09. The van der Waals surface area contributed by atoms with E-state index in [0.717, 1.165) is 10.5 Å². The van der Waals surface area contributed by atoms with Gasteiger partial charge in [-0.3, -0.25) is 4.90 Å². The van der Waals surface area contributed by atoms with Crippen molar-refractivity contribution in [3.05, 3.63) is 35.9 Å². The average Bonchev–Trinajstić information content (AvgIpc) is 2.73. The van der Waals surface area contributed by atoms with Gasteiger partial charge in [-0.2, -0.15) is 0 Å². The molecule has 0 radical (unpaired) electrons. The Labute approximate surface area is 110 Å². The highest BCUT2D eigenvalue weighted by atomic mass is 16.6. The number of hydrogen-bond acceptors (Lipinski definition) is 5. The van der Waals surface area contributed by atoms with Crippen LogP contribution < -0.4 is 0 Å². The Morgan fingerprint density at radius 3 is 2.63 bits per heavy atom. The van der Waals surface area contributed by atoms with Gasteiger partial charge in [0, 0.05) is 0 Å². The number of carbonyl (C=O) groups excluding carboxylic acids is 1. The van der Waals surface area contributed by atoms with E-state index >= 15 is 0 Å². The summed E-state index contributed by atoms with van der Waals surface area (Å²) in [4.78, 5) is 13.0. The maximum Gasteiger partial charge on any atom is 0.410 e. The zero-order valence-corrected chi connectivity index (χ0v) is 10.3. The molecular weight excluding hydrogens is 250 g/mol. The first-order valence-corrected chi connectivity index (χ1v) is 6.07. The van der Waals surface area contributed by atoms with Crippen LogP contribution in [0.5, 0.6) is 0 Å². The fraction of sp³-hybridized carbons (Fsp3) is 0.462. The maximum absolute atomic E-state index is 11.8. The molecule has 0 spiro atoms. The predicted octanol–water partition coefficient (Wildman–Crippen LogP) is -0.279. The Morgan fingerprint density at radius 1 is 1.32 bits per heavy atom. The lowest BCUT2D eigenvalue weighted by Gasteiger charge is -2.23. The molecule has 1 fully saturated rings. The van der Waals surface area contributed by atoms with E-state index in [1.54, 1.807) is 0 Å². The molecule has 6 nitrogen and oxygen atoms in total. The molecule has 1 aromatic carbocycles. The molecule has 1 heterocycles. The SMILES string of the molecule is O=C(OCc1ccccc1)N1C[C@H](O)[C@H](O)[C@H]1CO. The van der Waals surface area contributed by atoms with Crippen LogP contribution in [-0.2, 0) is 11.3 Å². The Kier molecular flexibility index (Phi) is 4.36. The van der Waals surface area contributed by atoms with Crippen LogP contribution in [-0.4, -0.2) is 57.7 Å². The summed E-state index contributed by atoms with van der Waals surface area (Å²) in [6, 6.07) is 8.36. The van der Waals surface area contributed by atoms with Gasteiger partial charge < -0.3 is 20.1 Å². The van der Waals surface area contributed by atoms with Crippen LogP contribution in [0.25, 0.3) is 0 Å². The summed E-state index contributed by atoms with van der Waals surface area (Å²) in [6.45, 7) is -0.348. The number of ether oxygens (including phenoxy) is 1. The van der Waals surface area contributed by atoms with Crippen molar-refractivity contribution < 1.29 is 24.9 Å². The number of nitrogens with zero attached hydrogens (tertiary/aromatic N) is 1. The third-order valence-corrected chi connectivity index (χ3v) is 3.20. The second-order valence-corrected chi connectivity index (χ2v) is 4.50. The minimum absolute atomic E-state index is 0.0417. The summed E-state index contributed by atoms with van der Waals surface area (Å²) in [6.07, 6.45) is -2.85. The molecule has 0 aliphatic carbocycles. The first-order chi connectivity index (χ1) is 9.13. The third-order valence-electron chi connectivity index (χ3n) is 3.20. The van der Waals surface area contributed by atoms with Gasteiger partial charge in [-0.15, -0.1) is 0 Å². The molecule has 1 amide bonds. The van der Waals surface area contributed by atoms with Crippen LogP contribution >= 0.6 is 0 Å². The normalized spacial score (nSPS) is 26.5. The van der Waals surface area contributed by atoms with E-state index in [2.05, 4.69) is 0 Å².